The third kappa shape index (κ3) is 6.67. The molecule has 19 heavy (non-hydrogen) atoms. The maximum Gasteiger partial charge on any atom is 0.319 e. The number of rotatable bonds is 7. The van der Waals surface area contributed by atoms with Crippen molar-refractivity contribution in [1.82, 2.24) is 5.32 Å². The zero-order valence-electron chi connectivity index (χ0n) is 11.5. The fraction of sp³-hybridized carbons (Fsp3) is 0.500. The summed E-state index contributed by atoms with van der Waals surface area (Å²) in [5, 5.41) is 14.0. The predicted molar refractivity (Wildman–Crippen MR) is 75.5 cm³/mol. The number of hydrogen-bond donors (Lipinski definition) is 3. The number of amides is 2. The van der Waals surface area contributed by atoms with Crippen LogP contribution in [0, 0.1) is 5.92 Å². The minimum Gasteiger partial charge on any atom is -0.493 e. The highest BCUT2D eigenvalue weighted by Gasteiger charge is 2.03. The van der Waals surface area contributed by atoms with E-state index in [9.17, 15) is 4.79 Å². The van der Waals surface area contributed by atoms with Gasteiger partial charge in [0, 0.05) is 24.9 Å². The monoisotopic (exact) mass is 266 g/mol. The molecule has 0 aliphatic rings. The van der Waals surface area contributed by atoms with Crippen LogP contribution in [0.5, 0.6) is 5.75 Å². The molecule has 0 heterocycles. The smallest absolute Gasteiger partial charge is 0.319 e. The lowest BCUT2D eigenvalue weighted by molar-refractivity contribution is 0.249. The first-order chi connectivity index (χ1) is 9.11. The van der Waals surface area contributed by atoms with Gasteiger partial charge in [0.15, 0.2) is 0 Å². The van der Waals surface area contributed by atoms with Crippen molar-refractivity contribution in [1.29, 1.82) is 0 Å². The molecule has 0 unspecified atom stereocenters. The molecular formula is C14H22N2O3. The Kier molecular flexibility index (Phi) is 6.74. The quantitative estimate of drug-likeness (QED) is 0.663. The van der Waals surface area contributed by atoms with Crippen LogP contribution in [0.4, 0.5) is 10.5 Å². The lowest BCUT2D eigenvalue weighted by Crippen LogP contribution is -2.29. The van der Waals surface area contributed by atoms with E-state index in [0.29, 0.717) is 31.2 Å². The van der Waals surface area contributed by atoms with E-state index in [1.165, 1.54) is 0 Å². The SMILES string of the molecule is CC(C)COc1cccc(NC(=O)NCCCO)c1. The first kappa shape index (κ1) is 15.3. The number of anilines is 1. The number of urea groups is 1. The maximum absolute atomic E-state index is 11.5. The molecule has 2 amide bonds. The van der Waals surface area contributed by atoms with Crippen LogP contribution in [0.15, 0.2) is 24.3 Å². The molecule has 3 N–H and O–H groups in total. The Morgan fingerprint density at radius 3 is 2.89 bits per heavy atom. The van der Waals surface area contributed by atoms with Gasteiger partial charge in [0.1, 0.15) is 5.75 Å². The summed E-state index contributed by atoms with van der Waals surface area (Å²) in [6, 6.07) is 6.99. The highest BCUT2D eigenvalue weighted by molar-refractivity contribution is 5.89. The highest BCUT2D eigenvalue weighted by Crippen LogP contribution is 2.17. The minimum atomic E-state index is -0.283. The third-order valence-corrected chi connectivity index (χ3v) is 2.30. The summed E-state index contributed by atoms with van der Waals surface area (Å²) >= 11 is 0. The molecule has 0 saturated heterocycles. The Hall–Kier alpha value is -1.75. The summed E-state index contributed by atoms with van der Waals surface area (Å²) in [4.78, 5) is 11.5. The average Bonchev–Trinajstić information content (AvgIpc) is 2.37. The number of carbonyl (C=O) groups excluding carboxylic acids is 1. The van der Waals surface area contributed by atoms with Crippen LogP contribution in [-0.2, 0) is 0 Å². The van der Waals surface area contributed by atoms with Gasteiger partial charge in [0.25, 0.3) is 0 Å². The Morgan fingerprint density at radius 1 is 1.42 bits per heavy atom. The first-order valence-electron chi connectivity index (χ1n) is 6.50. The van der Waals surface area contributed by atoms with Gasteiger partial charge < -0.3 is 20.5 Å². The first-order valence-corrected chi connectivity index (χ1v) is 6.50. The van der Waals surface area contributed by atoms with Gasteiger partial charge in [-0.2, -0.15) is 0 Å². The molecule has 5 heteroatoms. The predicted octanol–water partition coefficient (Wildman–Crippen LogP) is 2.23. The van der Waals surface area contributed by atoms with Gasteiger partial charge in [-0.1, -0.05) is 19.9 Å². The minimum absolute atomic E-state index is 0.0683. The molecule has 0 fully saturated rings. The standard InChI is InChI=1S/C14H22N2O3/c1-11(2)10-19-13-6-3-5-12(9-13)16-14(18)15-7-4-8-17/h3,5-6,9,11,17H,4,7-8,10H2,1-2H3,(H2,15,16,18). The number of hydrogen-bond acceptors (Lipinski definition) is 3. The Bertz CT molecular complexity index is 394. The molecule has 0 aliphatic carbocycles. The van der Waals surface area contributed by atoms with Gasteiger partial charge in [-0.3, -0.25) is 0 Å². The average molecular weight is 266 g/mol. The zero-order valence-corrected chi connectivity index (χ0v) is 11.5. The van der Waals surface area contributed by atoms with Crippen molar-refractivity contribution >= 4 is 11.7 Å². The third-order valence-electron chi connectivity index (χ3n) is 2.30. The van der Waals surface area contributed by atoms with E-state index < -0.39 is 0 Å². The molecule has 1 aromatic rings. The van der Waals surface area contributed by atoms with Crippen LogP contribution >= 0.6 is 0 Å². The number of aliphatic hydroxyl groups is 1. The molecule has 1 aromatic carbocycles. The molecule has 0 radical (unpaired) electrons. The fourth-order valence-electron chi connectivity index (χ4n) is 1.38. The van der Waals surface area contributed by atoms with Crippen LogP contribution in [0.2, 0.25) is 0 Å². The molecule has 0 aromatic heterocycles. The van der Waals surface area contributed by atoms with E-state index in [2.05, 4.69) is 24.5 Å². The number of benzene rings is 1. The molecule has 5 nitrogen and oxygen atoms in total. The lowest BCUT2D eigenvalue weighted by atomic mass is 10.2. The van der Waals surface area contributed by atoms with Crippen molar-refractivity contribution in [3.8, 4) is 5.75 Å². The molecule has 0 spiro atoms. The van der Waals surface area contributed by atoms with Crippen LogP contribution in [0.1, 0.15) is 20.3 Å². The second kappa shape index (κ2) is 8.37. The number of ether oxygens (including phenoxy) is 1. The van der Waals surface area contributed by atoms with Gasteiger partial charge in [0.2, 0.25) is 0 Å². The van der Waals surface area contributed by atoms with Crippen molar-refractivity contribution in [2.45, 2.75) is 20.3 Å². The van der Waals surface area contributed by atoms with E-state index >= 15 is 0 Å². The van der Waals surface area contributed by atoms with E-state index in [1.54, 1.807) is 12.1 Å². The molecule has 1 rings (SSSR count). The number of aliphatic hydroxyl groups excluding tert-OH is 1. The fourth-order valence-corrected chi connectivity index (χ4v) is 1.38. The Labute approximate surface area is 114 Å². The van der Waals surface area contributed by atoms with Crippen LogP contribution in [-0.4, -0.2) is 30.9 Å². The second-order valence-electron chi connectivity index (χ2n) is 4.69. The van der Waals surface area contributed by atoms with Gasteiger partial charge in [-0.25, -0.2) is 4.79 Å². The van der Waals surface area contributed by atoms with Gasteiger partial charge >= 0.3 is 6.03 Å². The largest absolute Gasteiger partial charge is 0.493 e. The summed E-state index contributed by atoms with van der Waals surface area (Å²) in [5.41, 5.74) is 0.683. The highest BCUT2D eigenvalue weighted by atomic mass is 16.5. The van der Waals surface area contributed by atoms with E-state index in [4.69, 9.17) is 9.84 Å². The summed E-state index contributed by atoms with van der Waals surface area (Å²) in [6.07, 6.45) is 0.547. The zero-order chi connectivity index (χ0) is 14.1. The van der Waals surface area contributed by atoms with Crippen molar-refractivity contribution in [3.05, 3.63) is 24.3 Å². The second-order valence-corrected chi connectivity index (χ2v) is 4.69. The molecule has 0 aliphatic heterocycles. The summed E-state index contributed by atoms with van der Waals surface area (Å²) in [6.45, 7) is 5.32. The van der Waals surface area contributed by atoms with Crippen LogP contribution in [0.3, 0.4) is 0 Å². The Balaban J connectivity index is 2.45. The Morgan fingerprint density at radius 2 is 2.21 bits per heavy atom. The van der Waals surface area contributed by atoms with Gasteiger partial charge in [-0.15, -0.1) is 0 Å². The van der Waals surface area contributed by atoms with Gasteiger partial charge in [-0.05, 0) is 24.5 Å². The number of carbonyl (C=O) groups is 1. The van der Waals surface area contributed by atoms with Crippen molar-refractivity contribution in [2.75, 3.05) is 25.1 Å². The van der Waals surface area contributed by atoms with Crippen molar-refractivity contribution in [3.63, 3.8) is 0 Å². The molecule has 0 bridgehead atoms. The van der Waals surface area contributed by atoms with Crippen molar-refractivity contribution < 1.29 is 14.6 Å². The summed E-state index contributed by atoms with van der Waals surface area (Å²) in [5.74, 6) is 1.19. The summed E-state index contributed by atoms with van der Waals surface area (Å²) in [7, 11) is 0. The van der Waals surface area contributed by atoms with Crippen LogP contribution in [0.25, 0.3) is 0 Å². The van der Waals surface area contributed by atoms with E-state index in [-0.39, 0.29) is 12.6 Å². The molecule has 0 saturated carbocycles. The lowest BCUT2D eigenvalue weighted by Gasteiger charge is -2.11. The molecule has 106 valence electrons. The van der Waals surface area contributed by atoms with Gasteiger partial charge in [0.05, 0.1) is 6.61 Å². The van der Waals surface area contributed by atoms with E-state index in [0.717, 1.165) is 5.75 Å². The van der Waals surface area contributed by atoms with E-state index in [1.807, 2.05) is 12.1 Å². The number of nitrogens with one attached hydrogen (secondary N) is 2. The van der Waals surface area contributed by atoms with Crippen LogP contribution < -0.4 is 15.4 Å². The molecule has 0 atom stereocenters. The topological polar surface area (TPSA) is 70.6 Å². The van der Waals surface area contributed by atoms with Crippen molar-refractivity contribution in [2.24, 2.45) is 5.92 Å². The normalized spacial score (nSPS) is 10.3. The maximum atomic E-state index is 11.5. The summed E-state index contributed by atoms with van der Waals surface area (Å²) < 4.78 is 5.58. The molecular weight excluding hydrogens is 244 g/mol.